The summed E-state index contributed by atoms with van der Waals surface area (Å²) >= 11 is 0. The molecule has 2 nitrogen and oxygen atoms in total. The first-order valence-corrected chi connectivity index (χ1v) is 4.44. The minimum absolute atomic E-state index is 0.315. The number of hydrogen-bond donors (Lipinski definition) is 0. The van der Waals surface area contributed by atoms with E-state index in [0.29, 0.717) is 12.0 Å². The number of ether oxygens (including phenoxy) is 1. The van der Waals surface area contributed by atoms with Gasteiger partial charge in [-0.15, -0.1) is 0 Å². The van der Waals surface area contributed by atoms with Crippen molar-refractivity contribution in [3.63, 3.8) is 0 Å². The summed E-state index contributed by atoms with van der Waals surface area (Å²) in [4.78, 5) is 0. The van der Waals surface area contributed by atoms with E-state index in [0.717, 1.165) is 18.8 Å². The number of aryl methyl sites for hydroxylation is 1. The highest BCUT2D eigenvalue weighted by Gasteiger charge is 2.29. The smallest absolute Gasteiger partial charge is 0.112 e. The van der Waals surface area contributed by atoms with Gasteiger partial charge in [-0.25, -0.2) is 0 Å². The van der Waals surface area contributed by atoms with Crippen molar-refractivity contribution in [2.45, 2.75) is 32.3 Å². The molecule has 1 aliphatic rings. The van der Waals surface area contributed by atoms with E-state index >= 15 is 0 Å². The Bertz CT molecular complexity index is 265. The fourth-order valence-corrected chi connectivity index (χ4v) is 1.84. The molecule has 0 saturated carbocycles. The third-order valence-corrected chi connectivity index (χ3v) is 2.61. The zero-order chi connectivity index (χ0) is 8.55. The second-order valence-corrected chi connectivity index (χ2v) is 3.44. The SMILES string of the molecule is Cc1ccoc1C1CCOC1C. The molecule has 0 N–H and O–H groups in total. The lowest BCUT2D eigenvalue weighted by atomic mass is 9.97. The highest BCUT2D eigenvalue weighted by atomic mass is 16.5. The molecule has 0 aliphatic carbocycles. The Morgan fingerprint density at radius 2 is 2.33 bits per heavy atom. The molecule has 1 aromatic heterocycles. The van der Waals surface area contributed by atoms with Crippen LogP contribution in [0, 0.1) is 6.92 Å². The van der Waals surface area contributed by atoms with E-state index in [1.807, 2.05) is 6.07 Å². The summed E-state index contributed by atoms with van der Waals surface area (Å²) in [6, 6.07) is 2.01. The summed E-state index contributed by atoms with van der Waals surface area (Å²) in [6.45, 7) is 5.06. The predicted octanol–water partition coefficient (Wildman–Crippen LogP) is 2.48. The zero-order valence-corrected chi connectivity index (χ0v) is 7.54. The second-order valence-electron chi connectivity index (χ2n) is 3.44. The maximum absolute atomic E-state index is 5.48. The average Bonchev–Trinajstić information content (AvgIpc) is 2.59. The van der Waals surface area contributed by atoms with Gasteiger partial charge in [-0.2, -0.15) is 0 Å². The van der Waals surface area contributed by atoms with Crippen LogP contribution in [0.1, 0.15) is 30.6 Å². The topological polar surface area (TPSA) is 22.4 Å². The third kappa shape index (κ3) is 1.16. The van der Waals surface area contributed by atoms with Crippen LogP contribution in [0.5, 0.6) is 0 Å². The molecule has 0 spiro atoms. The Morgan fingerprint density at radius 1 is 1.50 bits per heavy atom. The third-order valence-electron chi connectivity index (χ3n) is 2.61. The van der Waals surface area contributed by atoms with Crippen molar-refractivity contribution < 1.29 is 9.15 Å². The maximum atomic E-state index is 5.48. The molecule has 1 aliphatic heterocycles. The molecular weight excluding hydrogens is 152 g/mol. The second kappa shape index (κ2) is 2.94. The van der Waals surface area contributed by atoms with Crippen molar-refractivity contribution in [1.29, 1.82) is 0 Å². The molecular formula is C10H14O2. The molecule has 2 rings (SSSR count). The normalized spacial score (nSPS) is 29.5. The molecule has 2 atom stereocenters. The minimum atomic E-state index is 0.315. The van der Waals surface area contributed by atoms with E-state index in [2.05, 4.69) is 13.8 Å². The maximum Gasteiger partial charge on any atom is 0.112 e. The van der Waals surface area contributed by atoms with E-state index in [1.54, 1.807) is 6.26 Å². The molecule has 0 bridgehead atoms. The molecule has 12 heavy (non-hydrogen) atoms. The predicted molar refractivity (Wildman–Crippen MR) is 46.2 cm³/mol. The summed E-state index contributed by atoms with van der Waals surface area (Å²) in [5.74, 6) is 1.58. The van der Waals surface area contributed by atoms with Gasteiger partial charge in [-0.1, -0.05) is 0 Å². The van der Waals surface area contributed by atoms with Crippen LogP contribution in [0.25, 0.3) is 0 Å². The molecule has 0 aromatic carbocycles. The Labute approximate surface area is 72.5 Å². The minimum Gasteiger partial charge on any atom is -0.469 e. The van der Waals surface area contributed by atoms with Crippen molar-refractivity contribution in [2.75, 3.05) is 6.61 Å². The van der Waals surface area contributed by atoms with Crippen molar-refractivity contribution in [3.8, 4) is 0 Å². The quantitative estimate of drug-likeness (QED) is 0.639. The number of hydrogen-bond acceptors (Lipinski definition) is 2. The Kier molecular flexibility index (Phi) is 1.93. The number of rotatable bonds is 1. The lowest BCUT2D eigenvalue weighted by Crippen LogP contribution is -2.09. The van der Waals surface area contributed by atoms with E-state index in [9.17, 15) is 0 Å². The van der Waals surface area contributed by atoms with Gasteiger partial charge in [0.2, 0.25) is 0 Å². The van der Waals surface area contributed by atoms with Gasteiger partial charge in [0.15, 0.2) is 0 Å². The molecule has 2 heteroatoms. The van der Waals surface area contributed by atoms with E-state index < -0.39 is 0 Å². The van der Waals surface area contributed by atoms with Gasteiger partial charge in [0, 0.05) is 12.5 Å². The van der Waals surface area contributed by atoms with Crippen LogP contribution < -0.4 is 0 Å². The van der Waals surface area contributed by atoms with Gasteiger partial charge < -0.3 is 9.15 Å². The first-order chi connectivity index (χ1) is 5.79. The summed E-state index contributed by atoms with van der Waals surface area (Å²) in [7, 11) is 0. The largest absolute Gasteiger partial charge is 0.469 e. The van der Waals surface area contributed by atoms with Gasteiger partial charge in [0.25, 0.3) is 0 Å². The van der Waals surface area contributed by atoms with Crippen molar-refractivity contribution in [1.82, 2.24) is 0 Å². The van der Waals surface area contributed by atoms with Crippen LogP contribution >= 0.6 is 0 Å². The van der Waals surface area contributed by atoms with Gasteiger partial charge in [0.05, 0.1) is 12.4 Å². The van der Waals surface area contributed by atoms with Gasteiger partial charge in [-0.3, -0.25) is 0 Å². The summed E-state index contributed by atoms with van der Waals surface area (Å²) in [5, 5.41) is 0. The van der Waals surface area contributed by atoms with Gasteiger partial charge in [-0.05, 0) is 31.9 Å². The van der Waals surface area contributed by atoms with Crippen molar-refractivity contribution in [3.05, 3.63) is 23.7 Å². The average molecular weight is 166 g/mol. The molecule has 66 valence electrons. The van der Waals surface area contributed by atoms with Gasteiger partial charge in [0.1, 0.15) is 5.76 Å². The first kappa shape index (κ1) is 7.87. The molecule has 1 fully saturated rings. The lowest BCUT2D eigenvalue weighted by molar-refractivity contribution is 0.115. The Hall–Kier alpha value is -0.760. The van der Waals surface area contributed by atoms with Crippen LogP contribution in [0.4, 0.5) is 0 Å². The lowest BCUT2D eigenvalue weighted by Gasteiger charge is -2.11. The Balaban J connectivity index is 2.24. The summed E-state index contributed by atoms with van der Waals surface area (Å²) in [6.07, 6.45) is 3.17. The van der Waals surface area contributed by atoms with Crippen LogP contribution in [0.2, 0.25) is 0 Å². The number of furan rings is 1. The summed E-state index contributed by atoms with van der Waals surface area (Å²) in [5.41, 5.74) is 1.25. The Morgan fingerprint density at radius 3 is 2.83 bits per heavy atom. The molecule has 1 saturated heterocycles. The van der Waals surface area contributed by atoms with Gasteiger partial charge >= 0.3 is 0 Å². The van der Waals surface area contributed by atoms with E-state index in [4.69, 9.17) is 9.15 Å². The van der Waals surface area contributed by atoms with E-state index in [1.165, 1.54) is 5.56 Å². The van der Waals surface area contributed by atoms with Crippen LogP contribution in [0.15, 0.2) is 16.7 Å². The molecule has 0 radical (unpaired) electrons. The standard InChI is InChI=1S/C10H14O2/c1-7-3-5-12-10(7)9-4-6-11-8(9)2/h3,5,8-9H,4,6H2,1-2H3. The van der Waals surface area contributed by atoms with Crippen molar-refractivity contribution >= 4 is 0 Å². The molecule has 1 aromatic rings. The van der Waals surface area contributed by atoms with Crippen LogP contribution in [-0.2, 0) is 4.74 Å². The molecule has 2 unspecified atom stereocenters. The summed E-state index contributed by atoms with van der Waals surface area (Å²) < 4.78 is 10.9. The molecule has 2 heterocycles. The first-order valence-electron chi connectivity index (χ1n) is 4.44. The van der Waals surface area contributed by atoms with Crippen LogP contribution in [-0.4, -0.2) is 12.7 Å². The highest BCUT2D eigenvalue weighted by molar-refractivity contribution is 5.20. The van der Waals surface area contributed by atoms with Crippen LogP contribution in [0.3, 0.4) is 0 Å². The van der Waals surface area contributed by atoms with E-state index in [-0.39, 0.29) is 0 Å². The molecule has 0 amide bonds. The fourth-order valence-electron chi connectivity index (χ4n) is 1.84. The zero-order valence-electron chi connectivity index (χ0n) is 7.54. The monoisotopic (exact) mass is 166 g/mol. The fraction of sp³-hybridized carbons (Fsp3) is 0.600. The highest BCUT2D eigenvalue weighted by Crippen LogP contribution is 2.33. The van der Waals surface area contributed by atoms with Crippen molar-refractivity contribution in [2.24, 2.45) is 0 Å².